The first-order chi connectivity index (χ1) is 12.8. The van der Waals surface area contributed by atoms with Crippen LogP contribution in [0.1, 0.15) is 5.56 Å². The van der Waals surface area contributed by atoms with Gasteiger partial charge in [0.15, 0.2) is 0 Å². The van der Waals surface area contributed by atoms with Gasteiger partial charge < -0.3 is 15.1 Å². The number of nitrogens with zero attached hydrogens (tertiary/aromatic N) is 3. The number of aromatic nitrogens is 1. The van der Waals surface area contributed by atoms with E-state index in [1.54, 1.807) is 36.3 Å². The predicted octanol–water partition coefficient (Wildman–Crippen LogP) is 3.16. The standard InChI is InChI=1S/C18H17ClF2N4O2/c1-24-13(10-9-22-16(19)8-15(10)27-3)7-14(25(24)2)18(26)23-17-11(20)5-4-6-12(17)21/h4-9,14H,1-3H3,(H,23,26). The molecule has 1 aliphatic heterocycles. The molecule has 0 aliphatic carbocycles. The van der Waals surface area contributed by atoms with E-state index in [0.717, 1.165) is 12.1 Å². The molecule has 0 saturated carbocycles. The lowest BCUT2D eigenvalue weighted by Crippen LogP contribution is -2.43. The Labute approximate surface area is 160 Å². The number of amides is 1. The minimum absolute atomic E-state index is 0.273. The van der Waals surface area contributed by atoms with Crippen LogP contribution in [0.25, 0.3) is 5.70 Å². The van der Waals surface area contributed by atoms with E-state index in [0.29, 0.717) is 17.0 Å². The van der Waals surface area contributed by atoms with E-state index < -0.39 is 29.3 Å². The Morgan fingerprint density at radius 3 is 2.59 bits per heavy atom. The third-order valence-electron chi connectivity index (χ3n) is 4.35. The fourth-order valence-electron chi connectivity index (χ4n) is 2.82. The number of likely N-dealkylation sites (N-methyl/N-ethyl adjacent to an activating group) is 1. The fraction of sp³-hybridized carbons (Fsp3) is 0.222. The molecule has 0 saturated heterocycles. The smallest absolute Gasteiger partial charge is 0.247 e. The van der Waals surface area contributed by atoms with Gasteiger partial charge in [0.05, 0.1) is 18.4 Å². The van der Waals surface area contributed by atoms with Crippen molar-refractivity contribution in [2.75, 3.05) is 26.5 Å². The van der Waals surface area contributed by atoms with Gasteiger partial charge in [0, 0.05) is 26.4 Å². The molecule has 0 bridgehead atoms. The van der Waals surface area contributed by atoms with Crippen molar-refractivity contribution < 1.29 is 18.3 Å². The van der Waals surface area contributed by atoms with Gasteiger partial charge in [-0.3, -0.25) is 4.79 Å². The lowest BCUT2D eigenvalue weighted by molar-refractivity contribution is -0.121. The van der Waals surface area contributed by atoms with Gasteiger partial charge in [0.2, 0.25) is 5.91 Å². The van der Waals surface area contributed by atoms with Crippen molar-refractivity contribution in [3.8, 4) is 5.75 Å². The first kappa shape index (κ1) is 19.1. The van der Waals surface area contributed by atoms with Crippen LogP contribution >= 0.6 is 11.6 Å². The van der Waals surface area contributed by atoms with E-state index in [1.807, 2.05) is 0 Å². The number of para-hydroxylation sites is 1. The molecule has 1 unspecified atom stereocenters. The van der Waals surface area contributed by atoms with Gasteiger partial charge in [-0.2, -0.15) is 0 Å². The number of methoxy groups -OCH3 is 1. The largest absolute Gasteiger partial charge is 0.496 e. The summed E-state index contributed by atoms with van der Waals surface area (Å²) >= 11 is 5.90. The molecule has 1 aliphatic rings. The zero-order chi connectivity index (χ0) is 19.7. The van der Waals surface area contributed by atoms with Gasteiger partial charge >= 0.3 is 0 Å². The predicted molar refractivity (Wildman–Crippen MR) is 98.1 cm³/mol. The number of hydrogen-bond donors (Lipinski definition) is 1. The van der Waals surface area contributed by atoms with Gasteiger partial charge in [-0.25, -0.2) is 18.8 Å². The highest BCUT2D eigenvalue weighted by atomic mass is 35.5. The summed E-state index contributed by atoms with van der Waals surface area (Å²) in [5.74, 6) is -1.78. The third-order valence-corrected chi connectivity index (χ3v) is 4.55. The minimum Gasteiger partial charge on any atom is -0.496 e. The van der Waals surface area contributed by atoms with Crippen LogP contribution in [0.15, 0.2) is 36.5 Å². The summed E-state index contributed by atoms with van der Waals surface area (Å²) in [5, 5.41) is 5.92. The summed E-state index contributed by atoms with van der Waals surface area (Å²) in [6, 6.07) is 4.16. The van der Waals surface area contributed by atoms with Crippen molar-refractivity contribution in [1.29, 1.82) is 0 Å². The number of hydrogen-bond acceptors (Lipinski definition) is 5. The first-order valence-electron chi connectivity index (χ1n) is 7.96. The van der Waals surface area contributed by atoms with Crippen molar-refractivity contribution in [1.82, 2.24) is 15.0 Å². The van der Waals surface area contributed by atoms with Crippen LogP contribution in [0, 0.1) is 11.6 Å². The van der Waals surface area contributed by atoms with E-state index in [-0.39, 0.29) is 5.15 Å². The number of benzene rings is 1. The van der Waals surface area contributed by atoms with E-state index in [9.17, 15) is 13.6 Å². The number of anilines is 1. The molecular formula is C18H17ClF2N4O2. The number of nitrogens with one attached hydrogen (secondary N) is 1. The molecular weight excluding hydrogens is 378 g/mol. The van der Waals surface area contributed by atoms with Crippen molar-refractivity contribution in [2.45, 2.75) is 6.04 Å². The number of hydrazine groups is 1. The van der Waals surface area contributed by atoms with Crippen molar-refractivity contribution in [3.63, 3.8) is 0 Å². The Morgan fingerprint density at radius 2 is 1.96 bits per heavy atom. The summed E-state index contributed by atoms with van der Waals surface area (Å²) in [5.41, 5.74) is 0.794. The quantitative estimate of drug-likeness (QED) is 0.807. The Kier molecular flexibility index (Phi) is 5.29. The Bertz CT molecular complexity index is 902. The van der Waals surface area contributed by atoms with Crippen LogP contribution in [0.4, 0.5) is 14.5 Å². The van der Waals surface area contributed by atoms with Crippen LogP contribution < -0.4 is 10.1 Å². The highest BCUT2D eigenvalue weighted by Crippen LogP contribution is 2.34. The number of ether oxygens (including phenoxy) is 1. The van der Waals surface area contributed by atoms with E-state index in [2.05, 4.69) is 10.3 Å². The summed E-state index contributed by atoms with van der Waals surface area (Å²) in [6.07, 6.45) is 3.19. The maximum atomic E-state index is 13.8. The molecule has 0 radical (unpaired) electrons. The molecule has 2 aromatic rings. The monoisotopic (exact) mass is 394 g/mol. The number of carbonyl (C=O) groups excluding carboxylic acids is 1. The van der Waals surface area contributed by atoms with Crippen LogP contribution in [0.3, 0.4) is 0 Å². The second-order valence-electron chi connectivity index (χ2n) is 5.89. The Morgan fingerprint density at radius 1 is 1.30 bits per heavy atom. The molecule has 1 N–H and O–H groups in total. The second-order valence-corrected chi connectivity index (χ2v) is 6.27. The summed E-state index contributed by atoms with van der Waals surface area (Å²) in [6.45, 7) is 0. The average Bonchev–Trinajstić information content (AvgIpc) is 2.93. The molecule has 6 nitrogen and oxygen atoms in total. The lowest BCUT2D eigenvalue weighted by atomic mass is 10.1. The van der Waals surface area contributed by atoms with Gasteiger partial charge in [0.1, 0.15) is 34.3 Å². The molecule has 0 fully saturated rings. The second kappa shape index (κ2) is 7.50. The topological polar surface area (TPSA) is 57.7 Å². The molecule has 142 valence electrons. The molecule has 2 heterocycles. The molecule has 0 spiro atoms. The molecule has 1 atom stereocenters. The lowest BCUT2D eigenvalue weighted by Gasteiger charge is -2.28. The van der Waals surface area contributed by atoms with Gasteiger partial charge in [0.25, 0.3) is 0 Å². The highest BCUT2D eigenvalue weighted by molar-refractivity contribution is 6.29. The van der Waals surface area contributed by atoms with Crippen molar-refractivity contribution in [3.05, 3.63) is 58.9 Å². The van der Waals surface area contributed by atoms with Crippen molar-refractivity contribution in [2.24, 2.45) is 0 Å². The fourth-order valence-corrected chi connectivity index (χ4v) is 2.97. The molecule has 1 amide bonds. The summed E-state index contributed by atoms with van der Waals surface area (Å²) in [7, 11) is 4.93. The molecule has 27 heavy (non-hydrogen) atoms. The summed E-state index contributed by atoms with van der Waals surface area (Å²) in [4.78, 5) is 16.7. The van der Waals surface area contributed by atoms with Gasteiger partial charge in [-0.05, 0) is 18.2 Å². The average molecular weight is 395 g/mol. The maximum Gasteiger partial charge on any atom is 0.247 e. The normalized spacial score (nSPS) is 17.0. The van der Waals surface area contributed by atoms with Crippen LogP contribution in [0.2, 0.25) is 5.15 Å². The molecule has 3 rings (SSSR count). The van der Waals surface area contributed by atoms with Crippen LogP contribution in [0.5, 0.6) is 5.75 Å². The zero-order valence-electron chi connectivity index (χ0n) is 14.8. The van der Waals surface area contributed by atoms with Gasteiger partial charge in [-0.15, -0.1) is 0 Å². The maximum absolute atomic E-state index is 13.8. The highest BCUT2D eigenvalue weighted by Gasteiger charge is 2.34. The van der Waals surface area contributed by atoms with Crippen LogP contribution in [-0.2, 0) is 4.79 Å². The first-order valence-corrected chi connectivity index (χ1v) is 8.34. The van der Waals surface area contributed by atoms with Gasteiger partial charge in [-0.1, -0.05) is 17.7 Å². The van der Waals surface area contributed by atoms with E-state index in [4.69, 9.17) is 16.3 Å². The Hall–Kier alpha value is -2.71. The molecule has 1 aromatic heterocycles. The number of pyridine rings is 1. The zero-order valence-corrected chi connectivity index (χ0v) is 15.6. The van der Waals surface area contributed by atoms with Crippen LogP contribution in [-0.4, -0.2) is 48.2 Å². The number of rotatable bonds is 4. The van der Waals surface area contributed by atoms with E-state index in [1.165, 1.54) is 19.4 Å². The number of carbonyl (C=O) groups is 1. The third kappa shape index (κ3) is 3.58. The Balaban J connectivity index is 1.92. The minimum atomic E-state index is -0.842. The summed E-state index contributed by atoms with van der Waals surface area (Å²) < 4.78 is 33.0. The molecule has 9 heteroatoms. The number of halogens is 3. The molecule has 1 aromatic carbocycles. The van der Waals surface area contributed by atoms with Crippen molar-refractivity contribution >= 4 is 28.9 Å². The SMILES string of the molecule is COc1cc(Cl)ncc1C1=CC(C(=O)Nc2c(F)cccc2F)N(C)N1C. The van der Waals surface area contributed by atoms with E-state index >= 15 is 0 Å².